The van der Waals surface area contributed by atoms with E-state index in [0.29, 0.717) is 22.6 Å². The average molecular weight is 416 g/mol. The van der Waals surface area contributed by atoms with Crippen molar-refractivity contribution < 1.29 is 28.6 Å². The molecule has 0 bridgehead atoms. The lowest BCUT2D eigenvalue weighted by Crippen LogP contribution is -2.31. The van der Waals surface area contributed by atoms with E-state index in [-0.39, 0.29) is 18.9 Å². The van der Waals surface area contributed by atoms with Crippen molar-refractivity contribution in [2.45, 2.75) is 33.7 Å². The number of hydrogen-bond donors (Lipinski definition) is 1. The van der Waals surface area contributed by atoms with Crippen LogP contribution in [0.1, 0.15) is 45.4 Å². The van der Waals surface area contributed by atoms with Crippen LogP contribution in [-0.2, 0) is 16.1 Å². The van der Waals surface area contributed by atoms with Crippen molar-refractivity contribution >= 4 is 17.7 Å². The SMILES string of the molecule is CCCn1c(C)cc(C(=O)COC(=O)CNC(=O)c2ccc(OC)c(OC)c2)c1C. The highest BCUT2D eigenvalue weighted by atomic mass is 16.5. The summed E-state index contributed by atoms with van der Waals surface area (Å²) in [6.07, 6.45) is 0.957. The fraction of sp³-hybridized carbons (Fsp3) is 0.409. The highest BCUT2D eigenvalue weighted by Gasteiger charge is 2.18. The van der Waals surface area contributed by atoms with Gasteiger partial charge in [0, 0.05) is 29.1 Å². The number of carbonyl (C=O) groups is 3. The number of hydrogen-bond acceptors (Lipinski definition) is 6. The van der Waals surface area contributed by atoms with E-state index in [2.05, 4.69) is 16.8 Å². The molecule has 8 heteroatoms. The number of aryl methyl sites for hydroxylation is 1. The van der Waals surface area contributed by atoms with Crippen LogP contribution >= 0.6 is 0 Å². The molecule has 1 aromatic carbocycles. The Morgan fingerprint density at radius 1 is 1.03 bits per heavy atom. The van der Waals surface area contributed by atoms with Gasteiger partial charge >= 0.3 is 5.97 Å². The van der Waals surface area contributed by atoms with Gasteiger partial charge in [0.2, 0.25) is 5.78 Å². The fourth-order valence-corrected chi connectivity index (χ4v) is 3.16. The quantitative estimate of drug-likeness (QED) is 0.473. The van der Waals surface area contributed by atoms with E-state index in [1.54, 1.807) is 18.2 Å². The van der Waals surface area contributed by atoms with Crippen molar-refractivity contribution in [3.8, 4) is 11.5 Å². The Balaban J connectivity index is 1.89. The molecule has 0 atom stereocenters. The van der Waals surface area contributed by atoms with Gasteiger partial charge in [-0.1, -0.05) is 6.92 Å². The highest BCUT2D eigenvalue weighted by molar-refractivity contribution is 6.00. The van der Waals surface area contributed by atoms with Gasteiger partial charge < -0.3 is 24.1 Å². The Bertz CT molecular complexity index is 932. The summed E-state index contributed by atoms with van der Waals surface area (Å²) in [5.74, 6) is -0.545. The monoisotopic (exact) mass is 416 g/mol. The summed E-state index contributed by atoms with van der Waals surface area (Å²) in [7, 11) is 2.96. The molecule has 0 aliphatic carbocycles. The third kappa shape index (κ3) is 5.40. The smallest absolute Gasteiger partial charge is 0.325 e. The number of amides is 1. The first kappa shape index (κ1) is 23.0. The summed E-state index contributed by atoms with van der Waals surface area (Å²) in [6.45, 7) is 5.98. The molecule has 1 aromatic heterocycles. The van der Waals surface area contributed by atoms with Crippen molar-refractivity contribution in [3.05, 3.63) is 46.8 Å². The first-order chi connectivity index (χ1) is 14.3. The number of rotatable bonds is 10. The van der Waals surface area contributed by atoms with Crippen molar-refractivity contribution in [1.82, 2.24) is 9.88 Å². The van der Waals surface area contributed by atoms with Gasteiger partial charge in [-0.3, -0.25) is 14.4 Å². The summed E-state index contributed by atoms with van der Waals surface area (Å²) in [6, 6.07) is 6.46. The van der Waals surface area contributed by atoms with E-state index < -0.39 is 11.9 Å². The van der Waals surface area contributed by atoms with Crippen LogP contribution in [0.15, 0.2) is 24.3 Å². The maximum absolute atomic E-state index is 12.4. The summed E-state index contributed by atoms with van der Waals surface area (Å²) in [4.78, 5) is 36.6. The molecule has 0 aliphatic heterocycles. The number of esters is 1. The largest absolute Gasteiger partial charge is 0.493 e. The molecule has 30 heavy (non-hydrogen) atoms. The van der Waals surface area contributed by atoms with E-state index in [4.69, 9.17) is 14.2 Å². The third-order valence-corrected chi connectivity index (χ3v) is 4.72. The lowest BCUT2D eigenvalue weighted by Gasteiger charge is -2.10. The molecule has 0 radical (unpaired) electrons. The van der Waals surface area contributed by atoms with Crippen LogP contribution in [0.2, 0.25) is 0 Å². The van der Waals surface area contributed by atoms with Gasteiger partial charge in [-0.15, -0.1) is 0 Å². The van der Waals surface area contributed by atoms with Crippen LogP contribution in [0.5, 0.6) is 11.5 Å². The minimum atomic E-state index is -0.695. The molecule has 0 spiro atoms. The Morgan fingerprint density at radius 3 is 2.37 bits per heavy atom. The molecule has 0 fully saturated rings. The lowest BCUT2D eigenvalue weighted by molar-refractivity contribution is -0.141. The highest BCUT2D eigenvalue weighted by Crippen LogP contribution is 2.27. The molecule has 0 unspecified atom stereocenters. The van der Waals surface area contributed by atoms with E-state index in [0.717, 1.165) is 24.4 Å². The second-order valence-electron chi connectivity index (χ2n) is 6.77. The minimum absolute atomic E-state index is 0.273. The number of benzene rings is 1. The summed E-state index contributed by atoms with van der Waals surface area (Å²) in [5.41, 5.74) is 2.70. The average Bonchev–Trinajstić information content (AvgIpc) is 3.03. The molecule has 8 nitrogen and oxygen atoms in total. The molecule has 1 N–H and O–H groups in total. The number of ketones is 1. The van der Waals surface area contributed by atoms with E-state index in [1.807, 2.05) is 13.8 Å². The standard InChI is InChI=1S/C22H28N2O6/c1-6-9-24-14(2)10-17(15(24)3)18(25)13-30-21(26)12-23-22(27)16-7-8-19(28-4)20(11-16)29-5/h7-8,10-11H,6,9,12-13H2,1-5H3,(H,23,27). The molecule has 0 saturated heterocycles. The Hall–Kier alpha value is -3.29. The molecule has 1 amide bonds. The number of carbonyl (C=O) groups excluding carboxylic acids is 3. The van der Waals surface area contributed by atoms with Gasteiger partial charge in [-0.2, -0.15) is 0 Å². The minimum Gasteiger partial charge on any atom is -0.493 e. The van der Waals surface area contributed by atoms with Crippen LogP contribution in [0.3, 0.4) is 0 Å². The number of ether oxygens (including phenoxy) is 3. The van der Waals surface area contributed by atoms with Crippen LogP contribution < -0.4 is 14.8 Å². The van der Waals surface area contributed by atoms with Crippen LogP contribution in [0.4, 0.5) is 0 Å². The van der Waals surface area contributed by atoms with Crippen molar-refractivity contribution in [2.75, 3.05) is 27.4 Å². The number of nitrogens with zero attached hydrogens (tertiary/aromatic N) is 1. The van der Waals surface area contributed by atoms with E-state index in [1.165, 1.54) is 20.3 Å². The van der Waals surface area contributed by atoms with Gasteiger partial charge in [0.05, 0.1) is 14.2 Å². The zero-order chi connectivity index (χ0) is 22.3. The summed E-state index contributed by atoms with van der Waals surface area (Å²) >= 11 is 0. The van der Waals surface area contributed by atoms with Crippen molar-refractivity contribution in [3.63, 3.8) is 0 Å². The molecule has 0 aliphatic rings. The molecular formula is C22H28N2O6. The van der Waals surface area contributed by atoms with Gasteiger partial charge in [0.25, 0.3) is 5.91 Å². The lowest BCUT2D eigenvalue weighted by atomic mass is 10.1. The predicted octanol–water partition coefficient (Wildman–Crippen LogP) is 2.69. The van der Waals surface area contributed by atoms with Gasteiger partial charge in [-0.25, -0.2) is 0 Å². The first-order valence-electron chi connectivity index (χ1n) is 9.68. The molecular weight excluding hydrogens is 388 g/mol. The van der Waals surface area contributed by atoms with Crippen molar-refractivity contribution in [1.29, 1.82) is 0 Å². The molecule has 1 heterocycles. The van der Waals surface area contributed by atoms with Crippen LogP contribution in [0, 0.1) is 13.8 Å². The second-order valence-corrected chi connectivity index (χ2v) is 6.77. The normalized spacial score (nSPS) is 10.4. The molecule has 2 aromatic rings. The van der Waals surface area contributed by atoms with E-state index >= 15 is 0 Å². The van der Waals surface area contributed by atoms with Gasteiger partial charge in [-0.05, 0) is 44.5 Å². The third-order valence-electron chi connectivity index (χ3n) is 4.72. The topological polar surface area (TPSA) is 95.9 Å². The molecule has 2 rings (SSSR count). The Kier molecular flexibility index (Phi) is 8.03. The van der Waals surface area contributed by atoms with E-state index in [9.17, 15) is 14.4 Å². The zero-order valence-electron chi connectivity index (χ0n) is 18.0. The van der Waals surface area contributed by atoms with Gasteiger partial charge in [0.1, 0.15) is 6.54 Å². The molecule has 0 saturated carbocycles. The maximum atomic E-state index is 12.4. The number of aromatic nitrogens is 1. The fourth-order valence-electron chi connectivity index (χ4n) is 3.16. The maximum Gasteiger partial charge on any atom is 0.325 e. The van der Waals surface area contributed by atoms with Crippen LogP contribution in [0.25, 0.3) is 0 Å². The first-order valence-corrected chi connectivity index (χ1v) is 9.68. The Labute approximate surface area is 176 Å². The summed E-state index contributed by atoms with van der Waals surface area (Å²) in [5, 5.41) is 2.47. The zero-order valence-corrected chi connectivity index (χ0v) is 18.0. The predicted molar refractivity (Wildman–Crippen MR) is 111 cm³/mol. The van der Waals surface area contributed by atoms with Crippen molar-refractivity contribution in [2.24, 2.45) is 0 Å². The molecule has 162 valence electrons. The second kappa shape index (κ2) is 10.5. The number of nitrogens with one attached hydrogen (secondary N) is 1. The Morgan fingerprint density at radius 2 is 1.73 bits per heavy atom. The summed E-state index contributed by atoms with van der Waals surface area (Å²) < 4.78 is 17.4. The van der Waals surface area contributed by atoms with Gasteiger partial charge in [0.15, 0.2) is 18.1 Å². The number of methoxy groups -OCH3 is 2. The number of Topliss-reactive ketones (excluding diaryl/α,β-unsaturated/α-hetero) is 1. The van der Waals surface area contributed by atoms with Crippen LogP contribution in [-0.4, -0.2) is 49.6 Å².